The van der Waals surface area contributed by atoms with Crippen molar-refractivity contribution in [3.8, 4) is 5.75 Å². The van der Waals surface area contributed by atoms with Crippen molar-refractivity contribution < 1.29 is 23.9 Å². The van der Waals surface area contributed by atoms with Gasteiger partial charge in [0.15, 0.2) is 11.9 Å². The normalized spacial score (nSPS) is 21.7. The highest BCUT2D eigenvalue weighted by atomic mass is 16.5. The second-order valence-electron chi connectivity index (χ2n) is 7.00. The van der Waals surface area contributed by atoms with E-state index in [0.717, 1.165) is 4.90 Å². The van der Waals surface area contributed by atoms with Gasteiger partial charge in [0, 0.05) is 5.56 Å². The molecule has 3 unspecified atom stereocenters. The van der Waals surface area contributed by atoms with Crippen LogP contribution in [0.3, 0.4) is 0 Å². The minimum atomic E-state index is -1.01. The number of carbonyl (C=O) groups is 4. The van der Waals surface area contributed by atoms with Crippen molar-refractivity contribution in [2.45, 2.75) is 32.0 Å². The lowest BCUT2D eigenvalue weighted by atomic mass is 10.0. The first-order chi connectivity index (χ1) is 13.9. The number of nitrogens with zero attached hydrogens (tertiary/aromatic N) is 1. The zero-order valence-corrected chi connectivity index (χ0v) is 15.8. The number of Topliss-reactive ketones (excluding diaryl/α,β-unsaturated/α-hetero) is 1. The Bertz CT molecular complexity index is 1020. The summed E-state index contributed by atoms with van der Waals surface area (Å²) in [6.07, 6.45) is -0.621. The van der Waals surface area contributed by atoms with Crippen LogP contribution in [0.25, 0.3) is 0 Å². The highest BCUT2D eigenvalue weighted by molar-refractivity contribution is 6.11. The minimum Gasteiger partial charge on any atom is -0.479 e. The Morgan fingerprint density at radius 2 is 1.83 bits per heavy atom. The minimum absolute atomic E-state index is 0.262. The topological polar surface area (TPSA) is 105 Å². The Kier molecular flexibility index (Phi) is 4.54. The van der Waals surface area contributed by atoms with Crippen LogP contribution in [0.5, 0.6) is 5.75 Å². The van der Waals surface area contributed by atoms with Gasteiger partial charge in [0.05, 0.1) is 5.69 Å². The first-order valence-corrected chi connectivity index (χ1v) is 9.21. The molecule has 4 rings (SSSR count). The van der Waals surface area contributed by atoms with E-state index in [1.54, 1.807) is 43.3 Å². The summed E-state index contributed by atoms with van der Waals surface area (Å²) in [5, 5.41) is 5.31. The average Bonchev–Trinajstić information content (AvgIpc) is 3.02. The maximum absolute atomic E-state index is 13.0. The second-order valence-corrected chi connectivity index (χ2v) is 7.00. The molecule has 1 saturated heterocycles. The number of benzene rings is 2. The zero-order valence-electron chi connectivity index (χ0n) is 15.8. The average molecular weight is 393 g/mol. The van der Waals surface area contributed by atoms with E-state index >= 15 is 0 Å². The third kappa shape index (κ3) is 3.22. The summed E-state index contributed by atoms with van der Waals surface area (Å²) in [4.78, 5) is 51.0. The fourth-order valence-corrected chi connectivity index (χ4v) is 3.45. The van der Waals surface area contributed by atoms with Crippen molar-refractivity contribution >= 4 is 29.3 Å². The summed E-state index contributed by atoms with van der Waals surface area (Å²) in [7, 11) is 0. The van der Waals surface area contributed by atoms with Gasteiger partial charge >= 0.3 is 6.03 Å². The van der Waals surface area contributed by atoms with Gasteiger partial charge in [-0.15, -0.1) is 0 Å². The van der Waals surface area contributed by atoms with Gasteiger partial charge in [-0.05, 0) is 37.6 Å². The van der Waals surface area contributed by atoms with Crippen LogP contribution in [0.2, 0.25) is 0 Å². The Hall–Kier alpha value is -3.68. The number of nitrogens with one attached hydrogen (secondary N) is 2. The first kappa shape index (κ1) is 18.7. The Labute approximate surface area is 166 Å². The van der Waals surface area contributed by atoms with E-state index in [9.17, 15) is 19.2 Å². The molecule has 0 bridgehead atoms. The molecule has 1 fully saturated rings. The molecule has 2 aromatic carbocycles. The number of ether oxygens (including phenoxy) is 1. The van der Waals surface area contributed by atoms with Gasteiger partial charge in [-0.3, -0.25) is 19.3 Å². The van der Waals surface area contributed by atoms with E-state index in [1.165, 1.54) is 13.0 Å². The number of hydrogen-bond donors (Lipinski definition) is 2. The quantitative estimate of drug-likeness (QED) is 0.612. The van der Waals surface area contributed by atoms with Crippen molar-refractivity contribution in [3.05, 3.63) is 59.7 Å². The van der Waals surface area contributed by atoms with E-state index in [1.807, 2.05) is 6.07 Å². The Morgan fingerprint density at radius 3 is 2.55 bits per heavy atom. The Balaban J connectivity index is 1.57. The number of fused-ring (bicyclic) bond motifs is 1. The molecule has 148 valence electrons. The standard InChI is InChI=1S/C21H19N3O5/c1-11(24-20(27)17(23-21(24)28)13-6-4-3-5-7-13)18(25)14-8-9-16-15(10-14)22-19(26)12(2)29-16/h3-12,17H,1-2H3,(H,22,26)(H,23,28). The lowest BCUT2D eigenvalue weighted by Gasteiger charge is -2.24. The molecule has 0 saturated carbocycles. The summed E-state index contributed by atoms with van der Waals surface area (Å²) in [6, 6.07) is 11.0. The molecule has 2 aliphatic rings. The second kappa shape index (κ2) is 7.05. The zero-order chi connectivity index (χ0) is 20.7. The Morgan fingerprint density at radius 1 is 1.10 bits per heavy atom. The monoisotopic (exact) mass is 393 g/mol. The molecule has 2 heterocycles. The molecule has 0 spiro atoms. The fourth-order valence-electron chi connectivity index (χ4n) is 3.45. The lowest BCUT2D eigenvalue weighted by molar-refractivity contribution is -0.128. The highest BCUT2D eigenvalue weighted by Gasteiger charge is 2.43. The summed E-state index contributed by atoms with van der Waals surface area (Å²) >= 11 is 0. The van der Waals surface area contributed by atoms with Gasteiger partial charge in [0.25, 0.3) is 11.8 Å². The summed E-state index contributed by atoms with van der Waals surface area (Å²) in [6.45, 7) is 3.13. The summed E-state index contributed by atoms with van der Waals surface area (Å²) in [5.74, 6) is -0.751. The lowest BCUT2D eigenvalue weighted by Crippen LogP contribution is -2.43. The van der Waals surface area contributed by atoms with Gasteiger partial charge in [-0.2, -0.15) is 0 Å². The van der Waals surface area contributed by atoms with Crippen LogP contribution in [0.1, 0.15) is 35.8 Å². The van der Waals surface area contributed by atoms with Crippen LogP contribution >= 0.6 is 0 Å². The number of carbonyl (C=O) groups excluding carboxylic acids is 4. The molecule has 4 amide bonds. The van der Waals surface area contributed by atoms with Crippen LogP contribution in [0, 0.1) is 0 Å². The van der Waals surface area contributed by atoms with Crippen molar-refractivity contribution in [2.24, 2.45) is 0 Å². The van der Waals surface area contributed by atoms with Crippen molar-refractivity contribution in [2.75, 3.05) is 5.32 Å². The van der Waals surface area contributed by atoms with Gasteiger partial charge < -0.3 is 15.4 Å². The maximum atomic E-state index is 13.0. The number of imide groups is 1. The number of amides is 4. The van der Waals surface area contributed by atoms with Gasteiger partial charge in [-0.25, -0.2) is 4.79 Å². The number of hydrogen-bond acceptors (Lipinski definition) is 5. The van der Waals surface area contributed by atoms with E-state index < -0.39 is 35.9 Å². The molecule has 0 radical (unpaired) electrons. The molecule has 0 aromatic heterocycles. The molecule has 3 atom stereocenters. The highest BCUT2D eigenvalue weighted by Crippen LogP contribution is 2.31. The van der Waals surface area contributed by atoms with Crippen LogP contribution in [0.4, 0.5) is 10.5 Å². The molecular formula is C21H19N3O5. The van der Waals surface area contributed by atoms with Crippen molar-refractivity contribution in [1.82, 2.24) is 10.2 Å². The number of ketones is 1. The van der Waals surface area contributed by atoms with Crippen molar-refractivity contribution in [1.29, 1.82) is 0 Å². The first-order valence-electron chi connectivity index (χ1n) is 9.21. The molecule has 29 heavy (non-hydrogen) atoms. The smallest absolute Gasteiger partial charge is 0.325 e. The van der Waals surface area contributed by atoms with E-state index in [2.05, 4.69) is 10.6 Å². The van der Waals surface area contributed by atoms with E-state index in [4.69, 9.17) is 4.74 Å². The third-order valence-electron chi connectivity index (χ3n) is 5.07. The van der Waals surface area contributed by atoms with Crippen LogP contribution in [0.15, 0.2) is 48.5 Å². The molecule has 2 aromatic rings. The molecular weight excluding hydrogens is 374 g/mol. The molecule has 0 aliphatic carbocycles. The van der Waals surface area contributed by atoms with E-state index in [0.29, 0.717) is 17.0 Å². The predicted octanol–water partition coefficient (Wildman–Crippen LogP) is 2.27. The maximum Gasteiger partial charge on any atom is 0.325 e. The largest absolute Gasteiger partial charge is 0.479 e. The third-order valence-corrected chi connectivity index (χ3v) is 5.07. The van der Waals surface area contributed by atoms with Gasteiger partial charge in [0.1, 0.15) is 17.8 Å². The van der Waals surface area contributed by atoms with Crippen molar-refractivity contribution in [3.63, 3.8) is 0 Å². The van der Waals surface area contributed by atoms with Crippen LogP contribution in [-0.2, 0) is 9.59 Å². The number of anilines is 1. The van der Waals surface area contributed by atoms with Crippen LogP contribution in [-0.4, -0.2) is 40.7 Å². The van der Waals surface area contributed by atoms with Crippen LogP contribution < -0.4 is 15.4 Å². The summed E-state index contributed by atoms with van der Waals surface area (Å²) in [5.41, 5.74) is 1.29. The molecule has 8 nitrogen and oxygen atoms in total. The van der Waals surface area contributed by atoms with Gasteiger partial charge in [-0.1, -0.05) is 30.3 Å². The SMILES string of the molecule is CC1Oc2ccc(C(=O)C(C)N3C(=O)NC(c4ccccc4)C3=O)cc2NC1=O. The molecule has 8 heteroatoms. The number of rotatable bonds is 4. The number of urea groups is 1. The molecule has 2 N–H and O–H groups in total. The van der Waals surface area contributed by atoms with Gasteiger partial charge in [0.2, 0.25) is 0 Å². The summed E-state index contributed by atoms with van der Waals surface area (Å²) < 4.78 is 5.48. The molecule has 2 aliphatic heterocycles. The van der Waals surface area contributed by atoms with E-state index in [-0.39, 0.29) is 11.5 Å². The fraction of sp³-hybridized carbons (Fsp3) is 0.238. The predicted molar refractivity (Wildman–Crippen MR) is 104 cm³/mol.